The van der Waals surface area contributed by atoms with Crippen LogP contribution in [-0.4, -0.2) is 0 Å². The first-order valence-corrected chi connectivity index (χ1v) is 15.2. The van der Waals surface area contributed by atoms with Gasteiger partial charge in [0.2, 0.25) is 0 Å². The summed E-state index contributed by atoms with van der Waals surface area (Å²) >= 11 is 0. The second-order valence-corrected chi connectivity index (χ2v) is 11.8. The highest BCUT2D eigenvalue weighted by Crippen LogP contribution is 2.47. The fourth-order valence-corrected chi connectivity index (χ4v) is 7.36. The number of fused-ring (bicyclic) bond motifs is 6. The maximum absolute atomic E-state index is 15.5. The number of rotatable bonds is 2. The van der Waals surface area contributed by atoms with E-state index in [9.17, 15) is 28.1 Å². The van der Waals surface area contributed by atoms with Crippen molar-refractivity contribution in [2.75, 3.05) is 0 Å². The summed E-state index contributed by atoms with van der Waals surface area (Å²) in [6.45, 7) is 22.7. The third-order valence-corrected chi connectivity index (χ3v) is 9.48. The lowest BCUT2D eigenvalue weighted by Gasteiger charge is -2.14. The van der Waals surface area contributed by atoms with Gasteiger partial charge in [-0.2, -0.15) is 5.26 Å². The molecule has 0 amide bonds. The van der Waals surface area contributed by atoms with Crippen molar-refractivity contribution in [3.8, 4) is 62.7 Å². The van der Waals surface area contributed by atoms with E-state index in [1.807, 2.05) is 0 Å². The number of nitriles is 3. The Morgan fingerprint density at radius 1 is 0.500 bits per heavy atom. The summed E-state index contributed by atoms with van der Waals surface area (Å²) in [5.74, 6) is -15.3. The maximum Gasteiger partial charge on any atom is 0.269 e. The van der Waals surface area contributed by atoms with E-state index in [4.69, 9.17) is 25.0 Å². The van der Waals surface area contributed by atoms with Crippen LogP contribution in [0.1, 0.15) is 27.8 Å². The minimum Gasteiger partial charge on any atom is -0.232 e. The standard InChI is InChI=1S/C40H10F8N6/c1-52-24(13-50)28-21-10-19-15(6-4-8-17(19)30-34(43)32(41)23(12-49)33(42)35(30)44)26(21)29(25(14-51)53-2)22-11-20-16(27(22)28)7-5-9-18(20)31-36(45)38(47)40(54-3)39(48)37(31)46/h4-9H,10-11H2/b28-24-,29-25+. The summed E-state index contributed by atoms with van der Waals surface area (Å²) in [4.78, 5) is 9.26. The molecule has 256 valence electrons. The van der Waals surface area contributed by atoms with Gasteiger partial charge in [-0.1, -0.05) is 36.4 Å². The van der Waals surface area contributed by atoms with Crippen molar-refractivity contribution >= 4 is 17.1 Å². The van der Waals surface area contributed by atoms with E-state index >= 15 is 17.6 Å². The zero-order valence-electron chi connectivity index (χ0n) is 26.6. The molecular weight excluding hydrogens is 716 g/mol. The Kier molecular flexibility index (Phi) is 8.00. The number of halogens is 8. The van der Waals surface area contributed by atoms with Gasteiger partial charge in [-0.05, 0) is 68.5 Å². The molecule has 0 heterocycles. The van der Waals surface area contributed by atoms with Crippen LogP contribution in [0.25, 0.3) is 70.4 Å². The Labute approximate surface area is 298 Å². The molecule has 6 nitrogen and oxygen atoms in total. The van der Waals surface area contributed by atoms with Gasteiger partial charge in [-0.15, -0.1) is 0 Å². The third kappa shape index (κ3) is 4.45. The highest BCUT2D eigenvalue weighted by atomic mass is 19.2. The fraction of sp³-hybridized carbons (Fsp3) is 0.0500. The lowest BCUT2D eigenvalue weighted by molar-refractivity contribution is 0.454. The lowest BCUT2D eigenvalue weighted by Crippen LogP contribution is -2.25. The Morgan fingerprint density at radius 2 is 0.852 bits per heavy atom. The Bertz CT molecular complexity index is 2760. The molecular formula is C40H10F8N6. The van der Waals surface area contributed by atoms with Gasteiger partial charge >= 0.3 is 0 Å². The molecule has 7 rings (SSSR count). The zero-order chi connectivity index (χ0) is 38.9. The predicted molar refractivity (Wildman–Crippen MR) is 175 cm³/mol. The summed E-state index contributed by atoms with van der Waals surface area (Å²) in [6.07, 6.45) is -0.798. The average molecular weight is 727 g/mol. The molecule has 0 bridgehead atoms. The van der Waals surface area contributed by atoms with Crippen LogP contribution in [0, 0.1) is 100 Å². The van der Waals surface area contributed by atoms with Crippen molar-refractivity contribution in [1.82, 2.24) is 0 Å². The van der Waals surface area contributed by atoms with Gasteiger partial charge in [0.15, 0.2) is 46.5 Å². The first-order valence-electron chi connectivity index (χ1n) is 15.2. The van der Waals surface area contributed by atoms with Crippen LogP contribution >= 0.6 is 0 Å². The molecule has 0 spiro atoms. The van der Waals surface area contributed by atoms with Gasteiger partial charge in [-0.25, -0.2) is 60.2 Å². The largest absolute Gasteiger partial charge is 0.269 e. The molecule has 14 heteroatoms. The second-order valence-electron chi connectivity index (χ2n) is 11.8. The Hall–Kier alpha value is -7.78. The summed E-state index contributed by atoms with van der Waals surface area (Å²) in [7, 11) is 0. The summed E-state index contributed by atoms with van der Waals surface area (Å²) < 4.78 is 121. The number of nitrogens with zero attached hydrogens (tertiary/aromatic N) is 6. The van der Waals surface area contributed by atoms with E-state index in [1.54, 1.807) is 12.1 Å². The topological polar surface area (TPSA) is 84.4 Å². The molecule has 5 aromatic carbocycles. The quantitative estimate of drug-likeness (QED) is 0.101. The molecule has 2 aliphatic carbocycles. The van der Waals surface area contributed by atoms with Crippen LogP contribution in [0.2, 0.25) is 0 Å². The first kappa shape index (κ1) is 34.7. The first-order chi connectivity index (χ1) is 25.9. The minimum atomic E-state index is -1.95. The molecule has 0 atom stereocenters. The molecule has 0 fully saturated rings. The lowest BCUT2D eigenvalue weighted by atomic mass is 9.90. The SMILES string of the molecule is [C-]#[N+]/C(C#N)=c1/c2c(/c(=C(\C#N)[N+]#[C-])c3c1-c1cccc(-c4c(F)c(F)c([N+]#[C-])c(F)c4F)c1C3)-c1cccc(-c3c(F)c(F)c(C#N)c(F)c3F)c1C2. The molecule has 0 aromatic heterocycles. The van der Waals surface area contributed by atoms with Gasteiger partial charge in [0.25, 0.3) is 17.1 Å². The molecule has 2 aliphatic rings. The minimum absolute atomic E-state index is 0.00786. The number of hydrogen-bond acceptors (Lipinski definition) is 3. The van der Waals surface area contributed by atoms with Crippen LogP contribution in [-0.2, 0) is 12.8 Å². The monoisotopic (exact) mass is 726 g/mol. The second kappa shape index (κ2) is 12.5. The highest BCUT2D eigenvalue weighted by molar-refractivity contribution is 5.96. The normalized spacial score (nSPS) is 12.8. The molecule has 0 N–H and O–H groups in total. The molecule has 54 heavy (non-hydrogen) atoms. The summed E-state index contributed by atoms with van der Waals surface area (Å²) in [5.41, 5.74) is -6.85. The van der Waals surface area contributed by atoms with Crippen LogP contribution in [0.15, 0.2) is 36.4 Å². The van der Waals surface area contributed by atoms with Crippen molar-refractivity contribution in [1.29, 1.82) is 15.8 Å². The van der Waals surface area contributed by atoms with Gasteiger partial charge in [0.05, 0.1) is 43.0 Å². The van der Waals surface area contributed by atoms with E-state index in [-0.39, 0.29) is 66.1 Å². The molecule has 0 aliphatic heterocycles. The van der Waals surface area contributed by atoms with Crippen molar-refractivity contribution in [2.45, 2.75) is 12.8 Å². The number of hydrogen-bond donors (Lipinski definition) is 0. The molecule has 0 radical (unpaired) electrons. The molecule has 0 unspecified atom stereocenters. The van der Waals surface area contributed by atoms with E-state index in [1.165, 1.54) is 24.3 Å². The smallest absolute Gasteiger partial charge is 0.232 e. The van der Waals surface area contributed by atoms with Gasteiger partial charge < -0.3 is 0 Å². The third-order valence-electron chi connectivity index (χ3n) is 9.48. The average Bonchev–Trinajstić information content (AvgIpc) is 3.75. The van der Waals surface area contributed by atoms with Gasteiger partial charge in [0, 0.05) is 10.4 Å². The van der Waals surface area contributed by atoms with Crippen LogP contribution in [0.4, 0.5) is 40.8 Å². The van der Waals surface area contributed by atoms with Crippen LogP contribution in [0.3, 0.4) is 0 Å². The number of benzene rings is 5. The van der Waals surface area contributed by atoms with Crippen molar-refractivity contribution in [3.05, 3.63) is 155 Å². The predicted octanol–water partition coefficient (Wildman–Crippen LogP) is 8.80. The summed E-state index contributed by atoms with van der Waals surface area (Å²) in [6, 6.07) is 12.2. The van der Waals surface area contributed by atoms with E-state index in [2.05, 4.69) is 14.5 Å². The zero-order valence-corrected chi connectivity index (χ0v) is 26.6. The molecule has 0 saturated carbocycles. The van der Waals surface area contributed by atoms with E-state index in [0.717, 1.165) is 18.2 Å². The van der Waals surface area contributed by atoms with Crippen LogP contribution < -0.4 is 10.4 Å². The van der Waals surface area contributed by atoms with Gasteiger partial charge in [-0.3, -0.25) is 0 Å². The van der Waals surface area contributed by atoms with E-state index in [0.29, 0.717) is 0 Å². The van der Waals surface area contributed by atoms with Crippen molar-refractivity contribution in [2.24, 2.45) is 0 Å². The Morgan fingerprint density at radius 3 is 1.17 bits per heavy atom. The van der Waals surface area contributed by atoms with Crippen LogP contribution in [0.5, 0.6) is 0 Å². The maximum atomic E-state index is 15.5. The molecule has 0 saturated heterocycles. The summed E-state index contributed by atoms with van der Waals surface area (Å²) in [5, 5.41) is 29.3. The molecule has 5 aromatic rings. The van der Waals surface area contributed by atoms with E-state index < -0.39 is 93.2 Å². The Balaban J connectivity index is 1.64. The fourth-order valence-electron chi connectivity index (χ4n) is 7.36. The van der Waals surface area contributed by atoms with Crippen molar-refractivity contribution in [3.63, 3.8) is 0 Å². The highest BCUT2D eigenvalue weighted by Gasteiger charge is 2.37. The van der Waals surface area contributed by atoms with Crippen molar-refractivity contribution < 1.29 is 35.1 Å². The van der Waals surface area contributed by atoms with Gasteiger partial charge in [0.1, 0.15) is 11.6 Å².